The summed E-state index contributed by atoms with van der Waals surface area (Å²) in [4.78, 5) is 0. The standard InChI is InChI=1S/C24H32/c1-3-5-19-7-11-21(12-8-19)23-15-17-24(18-16-23)22-13-9-20(6-4-2)10-14-22/h3-4,11,15-20,22H,1-2,5-10,12-14H2. The predicted octanol–water partition coefficient (Wildman–Crippen LogP) is 7.30. The number of allylic oxidation sites excluding steroid dienone is 4. The van der Waals surface area contributed by atoms with Crippen LogP contribution in [0.15, 0.2) is 55.7 Å². The summed E-state index contributed by atoms with van der Waals surface area (Å²) >= 11 is 0. The van der Waals surface area contributed by atoms with Crippen molar-refractivity contribution in [3.8, 4) is 0 Å². The van der Waals surface area contributed by atoms with E-state index in [1.54, 1.807) is 11.1 Å². The van der Waals surface area contributed by atoms with Crippen LogP contribution < -0.4 is 0 Å². The van der Waals surface area contributed by atoms with Crippen molar-refractivity contribution in [3.63, 3.8) is 0 Å². The van der Waals surface area contributed by atoms with Crippen LogP contribution in [0, 0.1) is 11.8 Å². The largest absolute Gasteiger partial charge is 0.103 e. The summed E-state index contributed by atoms with van der Waals surface area (Å²) in [5, 5.41) is 0. The second-order valence-electron chi connectivity index (χ2n) is 7.76. The molecular formula is C24H32. The zero-order chi connectivity index (χ0) is 16.8. The maximum atomic E-state index is 3.89. The van der Waals surface area contributed by atoms with E-state index in [9.17, 15) is 0 Å². The second kappa shape index (κ2) is 8.51. The molecular weight excluding hydrogens is 288 g/mol. The molecule has 0 bridgehead atoms. The molecule has 0 N–H and O–H groups in total. The minimum absolute atomic E-state index is 0.775. The zero-order valence-corrected chi connectivity index (χ0v) is 15.1. The lowest BCUT2D eigenvalue weighted by Crippen LogP contribution is -2.12. The van der Waals surface area contributed by atoms with Gasteiger partial charge in [-0.3, -0.25) is 0 Å². The van der Waals surface area contributed by atoms with Crippen LogP contribution in [0.2, 0.25) is 0 Å². The van der Waals surface area contributed by atoms with E-state index in [2.05, 4.69) is 55.7 Å². The van der Waals surface area contributed by atoms with Gasteiger partial charge in [-0.15, -0.1) is 13.2 Å². The zero-order valence-electron chi connectivity index (χ0n) is 15.1. The number of benzene rings is 1. The van der Waals surface area contributed by atoms with Gasteiger partial charge in [-0.05, 0) is 92.2 Å². The molecule has 3 rings (SSSR count). The molecule has 1 fully saturated rings. The van der Waals surface area contributed by atoms with E-state index in [4.69, 9.17) is 0 Å². The molecule has 0 aliphatic heterocycles. The van der Waals surface area contributed by atoms with Gasteiger partial charge >= 0.3 is 0 Å². The molecule has 2 aliphatic carbocycles. The summed E-state index contributed by atoms with van der Waals surface area (Å²) in [6.45, 7) is 7.77. The third-order valence-corrected chi connectivity index (χ3v) is 6.12. The molecule has 0 radical (unpaired) electrons. The van der Waals surface area contributed by atoms with Crippen LogP contribution in [0.1, 0.15) is 74.8 Å². The lowest BCUT2D eigenvalue weighted by molar-refractivity contribution is 0.328. The summed E-state index contributed by atoms with van der Waals surface area (Å²) < 4.78 is 0. The monoisotopic (exact) mass is 320 g/mol. The van der Waals surface area contributed by atoms with Crippen LogP contribution >= 0.6 is 0 Å². The first kappa shape index (κ1) is 17.3. The molecule has 1 aromatic carbocycles. The number of hydrogen-bond acceptors (Lipinski definition) is 0. The van der Waals surface area contributed by atoms with E-state index in [-0.39, 0.29) is 0 Å². The lowest BCUT2D eigenvalue weighted by Gasteiger charge is -2.28. The third-order valence-electron chi connectivity index (χ3n) is 6.12. The Morgan fingerprint density at radius 1 is 0.833 bits per heavy atom. The molecule has 0 heteroatoms. The van der Waals surface area contributed by atoms with Crippen molar-refractivity contribution in [2.24, 2.45) is 11.8 Å². The summed E-state index contributed by atoms with van der Waals surface area (Å²) in [6, 6.07) is 9.52. The van der Waals surface area contributed by atoms with E-state index in [0.29, 0.717) is 0 Å². The van der Waals surface area contributed by atoms with Gasteiger partial charge < -0.3 is 0 Å². The van der Waals surface area contributed by atoms with Crippen LogP contribution in [-0.2, 0) is 0 Å². The summed E-state index contributed by atoms with van der Waals surface area (Å²) in [6.07, 6.45) is 18.2. The molecule has 0 aromatic heterocycles. The topological polar surface area (TPSA) is 0 Å². The summed E-state index contributed by atoms with van der Waals surface area (Å²) in [5.41, 5.74) is 4.55. The molecule has 0 saturated heterocycles. The SMILES string of the molecule is C=CCC1CC=C(c2ccc(C3CCC(CC=C)CC3)cc2)CC1. The fraction of sp³-hybridized carbons (Fsp3) is 0.500. The minimum Gasteiger partial charge on any atom is -0.103 e. The van der Waals surface area contributed by atoms with Gasteiger partial charge in [0.15, 0.2) is 0 Å². The van der Waals surface area contributed by atoms with E-state index in [1.807, 2.05) is 0 Å². The Kier molecular flexibility index (Phi) is 6.12. The third kappa shape index (κ3) is 4.29. The number of rotatable bonds is 6. The van der Waals surface area contributed by atoms with Gasteiger partial charge in [0.2, 0.25) is 0 Å². The Hall–Kier alpha value is -1.56. The normalized spacial score (nSPS) is 27.3. The van der Waals surface area contributed by atoms with Crippen LogP contribution in [0.3, 0.4) is 0 Å². The fourth-order valence-corrected chi connectivity index (χ4v) is 4.54. The van der Waals surface area contributed by atoms with E-state index < -0.39 is 0 Å². The first-order valence-electron chi connectivity index (χ1n) is 9.81. The molecule has 0 amide bonds. The van der Waals surface area contributed by atoms with Crippen LogP contribution in [0.25, 0.3) is 5.57 Å². The van der Waals surface area contributed by atoms with Crippen molar-refractivity contribution in [2.75, 3.05) is 0 Å². The highest BCUT2D eigenvalue weighted by molar-refractivity contribution is 5.66. The van der Waals surface area contributed by atoms with Crippen LogP contribution in [0.5, 0.6) is 0 Å². The lowest BCUT2D eigenvalue weighted by atomic mass is 9.77. The van der Waals surface area contributed by atoms with Crippen molar-refractivity contribution in [3.05, 3.63) is 66.8 Å². The Balaban J connectivity index is 1.58. The molecule has 1 saturated carbocycles. The average molecular weight is 321 g/mol. The Morgan fingerprint density at radius 2 is 1.50 bits per heavy atom. The van der Waals surface area contributed by atoms with Crippen molar-refractivity contribution >= 4 is 5.57 Å². The second-order valence-corrected chi connectivity index (χ2v) is 7.76. The molecule has 24 heavy (non-hydrogen) atoms. The van der Waals surface area contributed by atoms with Crippen LogP contribution in [0.4, 0.5) is 0 Å². The summed E-state index contributed by atoms with van der Waals surface area (Å²) in [5.74, 6) is 2.47. The molecule has 128 valence electrons. The first-order chi connectivity index (χ1) is 11.8. The highest BCUT2D eigenvalue weighted by Gasteiger charge is 2.21. The van der Waals surface area contributed by atoms with Gasteiger partial charge in [-0.2, -0.15) is 0 Å². The molecule has 0 nitrogen and oxygen atoms in total. The summed E-state index contributed by atoms with van der Waals surface area (Å²) in [7, 11) is 0. The maximum absolute atomic E-state index is 3.89. The van der Waals surface area contributed by atoms with E-state index in [0.717, 1.165) is 24.2 Å². The van der Waals surface area contributed by atoms with Crippen molar-refractivity contribution in [1.82, 2.24) is 0 Å². The highest BCUT2D eigenvalue weighted by atomic mass is 14.3. The highest BCUT2D eigenvalue weighted by Crippen LogP contribution is 2.38. The predicted molar refractivity (Wildman–Crippen MR) is 106 cm³/mol. The first-order valence-corrected chi connectivity index (χ1v) is 9.81. The van der Waals surface area contributed by atoms with Gasteiger partial charge in [-0.1, -0.05) is 42.5 Å². The van der Waals surface area contributed by atoms with Gasteiger partial charge in [0.1, 0.15) is 0 Å². The van der Waals surface area contributed by atoms with Gasteiger partial charge in [0.25, 0.3) is 0 Å². The Morgan fingerprint density at radius 3 is 2.08 bits per heavy atom. The maximum Gasteiger partial charge on any atom is -0.0162 e. The fourth-order valence-electron chi connectivity index (χ4n) is 4.54. The van der Waals surface area contributed by atoms with E-state index in [1.165, 1.54) is 56.9 Å². The molecule has 1 aromatic rings. The van der Waals surface area contributed by atoms with Gasteiger partial charge in [-0.25, -0.2) is 0 Å². The van der Waals surface area contributed by atoms with Gasteiger partial charge in [0, 0.05) is 0 Å². The van der Waals surface area contributed by atoms with E-state index >= 15 is 0 Å². The molecule has 0 spiro atoms. The van der Waals surface area contributed by atoms with Crippen molar-refractivity contribution < 1.29 is 0 Å². The quantitative estimate of drug-likeness (QED) is 0.482. The Bertz CT molecular complexity index is 567. The molecule has 2 aliphatic rings. The minimum atomic E-state index is 0.775. The smallest absolute Gasteiger partial charge is 0.0162 e. The Labute approximate surface area is 148 Å². The molecule has 0 heterocycles. The average Bonchev–Trinajstić information content (AvgIpc) is 2.64. The van der Waals surface area contributed by atoms with Gasteiger partial charge in [0.05, 0.1) is 0 Å². The molecule has 1 atom stereocenters. The molecule has 1 unspecified atom stereocenters. The van der Waals surface area contributed by atoms with Crippen molar-refractivity contribution in [1.29, 1.82) is 0 Å². The van der Waals surface area contributed by atoms with Crippen LogP contribution in [-0.4, -0.2) is 0 Å². The number of hydrogen-bond donors (Lipinski definition) is 0. The van der Waals surface area contributed by atoms with Crippen molar-refractivity contribution in [2.45, 2.75) is 63.7 Å².